The lowest BCUT2D eigenvalue weighted by atomic mass is 10.0. The van der Waals surface area contributed by atoms with Gasteiger partial charge >= 0.3 is 11.9 Å². The number of hydrogen-bond donors (Lipinski definition) is 3. The Kier molecular flexibility index (Phi) is 19.7. The van der Waals surface area contributed by atoms with E-state index in [1.54, 1.807) is 0 Å². The van der Waals surface area contributed by atoms with Gasteiger partial charge < -0.3 is 20.3 Å². The van der Waals surface area contributed by atoms with Crippen molar-refractivity contribution in [2.24, 2.45) is 0 Å². The molecule has 0 aromatic rings. The Bertz CT molecular complexity index is 535. The maximum absolute atomic E-state index is 12.0. The van der Waals surface area contributed by atoms with E-state index in [-0.39, 0.29) is 24.5 Å². The fourth-order valence-corrected chi connectivity index (χ4v) is 3.80. The van der Waals surface area contributed by atoms with Crippen molar-refractivity contribution in [3.63, 3.8) is 0 Å². The molecule has 7 nitrogen and oxygen atoms in total. The summed E-state index contributed by atoms with van der Waals surface area (Å²) in [5.41, 5.74) is 0. The molecule has 0 heterocycles. The number of carbonyl (C=O) groups excluding carboxylic acids is 2. The molecule has 0 rings (SSSR count). The van der Waals surface area contributed by atoms with Crippen molar-refractivity contribution in [2.45, 2.75) is 135 Å². The lowest BCUT2D eigenvalue weighted by molar-refractivity contribution is -0.138. The van der Waals surface area contributed by atoms with Crippen LogP contribution in [0.3, 0.4) is 0 Å². The fourth-order valence-electron chi connectivity index (χ4n) is 3.80. The molecule has 186 valence electrons. The normalized spacial score (nSPS) is 11.8. The summed E-state index contributed by atoms with van der Waals surface area (Å²) >= 11 is 0. The molecule has 1 amide bonds. The van der Waals surface area contributed by atoms with Crippen molar-refractivity contribution in [1.82, 2.24) is 5.32 Å². The first-order valence-electron chi connectivity index (χ1n) is 12.5. The zero-order chi connectivity index (χ0) is 24.0. The van der Waals surface area contributed by atoms with Crippen molar-refractivity contribution in [3.05, 3.63) is 0 Å². The van der Waals surface area contributed by atoms with Gasteiger partial charge in [0.2, 0.25) is 5.91 Å². The minimum Gasteiger partial charge on any atom is -0.481 e. The molecule has 0 aliphatic heterocycles. The molecule has 0 unspecified atom stereocenters. The van der Waals surface area contributed by atoms with Gasteiger partial charge in [-0.25, -0.2) is 0 Å². The van der Waals surface area contributed by atoms with Crippen molar-refractivity contribution in [2.75, 3.05) is 0 Å². The molecule has 0 radical (unpaired) electrons. The van der Waals surface area contributed by atoms with Gasteiger partial charge in [0, 0.05) is 25.3 Å². The van der Waals surface area contributed by atoms with E-state index in [1.165, 1.54) is 58.3 Å². The Labute approximate surface area is 193 Å². The highest BCUT2D eigenvalue weighted by molar-refractivity contribution is 5.78. The van der Waals surface area contributed by atoms with E-state index in [0.717, 1.165) is 38.5 Å². The zero-order valence-electron chi connectivity index (χ0n) is 20.0. The zero-order valence-corrected chi connectivity index (χ0v) is 20.0. The maximum Gasteiger partial charge on any atom is 0.305 e. The van der Waals surface area contributed by atoms with E-state index >= 15 is 0 Å². The summed E-state index contributed by atoms with van der Waals surface area (Å²) in [6, 6.07) is -0.471. The average molecular weight is 456 g/mol. The third-order valence-electron chi connectivity index (χ3n) is 5.68. The number of aliphatic carboxylic acids is 2. The molecule has 3 N–H and O–H groups in total. The van der Waals surface area contributed by atoms with Gasteiger partial charge in [0.25, 0.3) is 0 Å². The summed E-state index contributed by atoms with van der Waals surface area (Å²) in [5.74, 6) is -1.78. The van der Waals surface area contributed by atoms with E-state index in [1.807, 2.05) is 0 Å². The predicted octanol–water partition coefficient (Wildman–Crippen LogP) is 5.64. The number of Topliss-reactive ketones (excluding diaryl/α,β-unsaturated/α-hetero) is 1. The molecule has 0 fully saturated rings. The highest BCUT2D eigenvalue weighted by Crippen LogP contribution is 2.14. The molecule has 7 heteroatoms. The van der Waals surface area contributed by atoms with Crippen LogP contribution >= 0.6 is 0 Å². The van der Waals surface area contributed by atoms with Crippen LogP contribution in [0, 0.1) is 0 Å². The number of carboxylic acid groups (broad SMARTS) is 2. The van der Waals surface area contributed by atoms with Gasteiger partial charge in [0.05, 0.1) is 6.42 Å². The monoisotopic (exact) mass is 455 g/mol. The Morgan fingerprint density at radius 1 is 0.594 bits per heavy atom. The van der Waals surface area contributed by atoms with Crippen LogP contribution in [0.2, 0.25) is 0 Å². The quantitative estimate of drug-likeness (QED) is 0.171. The number of hydrogen-bond acceptors (Lipinski definition) is 4. The first-order valence-corrected chi connectivity index (χ1v) is 12.5. The predicted molar refractivity (Wildman–Crippen MR) is 126 cm³/mol. The van der Waals surface area contributed by atoms with Crippen LogP contribution < -0.4 is 5.32 Å². The van der Waals surface area contributed by atoms with Gasteiger partial charge in [0.1, 0.15) is 5.78 Å². The van der Waals surface area contributed by atoms with Crippen LogP contribution in [0.15, 0.2) is 0 Å². The highest BCUT2D eigenvalue weighted by atomic mass is 16.4. The van der Waals surface area contributed by atoms with Crippen molar-refractivity contribution < 1.29 is 29.4 Å². The van der Waals surface area contributed by atoms with Gasteiger partial charge in [-0.3, -0.25) is 14.4 Å². The molecule has 0 spiro atoms. The Morgan fingerprint density at radius 3 is 1.38 bits per heavy atom. The average Bonchev–Trinajstić information content (AvgIpc) is 2.71. The molecule has 0 aromatic carbocycles. The van der Waals surface area contributed by atoms with Gasteiger partial charge in [-0.15, -0.1) is 0 Å². The minimum absolute atomic E-state index is 0.000368. The first-order chi connectivity index (χ1) is 15.3. The second-order valence-corrected chi connectivity index (χ2v) is 8.95. The van der Waals surface area contributed by atoms with Gasteiger partial charge in [-0.2, -0.15) is 0 Å². The summed E-state index contributed by atoms with van der Waals surface area (Å²) in [7, 11) is 0. The molecule has 0 saturated carbocycles. The first kappa shape index (κ1) is 30.1. The summed E-state index contributed by atoms with van der Waals surface area (Å²) in [6.45, 7) is 1.47. The molecule has 0 saturated heterocycles. The molecular formula is C25H45NO6. The van der Waals surface area contributed by atoms with E-state index in [0.29, 0.717) is 19.3 Å². The number of nitrogens with one attached hydrogen (secondary N) is 1. The van der Waals surface area contributed by atoms with Crippen LogP contribution in [0.1, 0.15) is 129 Å². The summed E-state index contributed by atoms with van der Waals surface area (Å²) in [5, 5.41) is 20.3. The van der Waals surface area contributed by atoms with Crippen molar-refractivity contribution in [3.8, 4) is 0 Å². The van der Waals surface area contributed by atoms with Crippen LogP contribution in [0.25, 0.3) is 0 Å². The van der Waals surface area contributed by atoms with Crippen molar-refractivity contribution in [1.29, 1.82) is 0 Å². The Balaban J connectivity index is 3.49. The van der Waals surface area contributed by atoms with E-state index in [4.69, 9.17) is 10.2 Å². The molecule has 0 aliphatic rings. The maximum atomic E-state index is 12.0. The molecule has 0 bridgehead atoms. The second kappa shape index (κ2) is 21.0. The lowest BCUT2D eigenvalue weighted by Crippen LogP contribution is -2.36. The largest absolute Gasteiger partial charge is 0.481 e. The topological polar surface area (TPSA) is 121 Å². The molecule has 0 aliphatic carbocycles. The highest BCUT2D eigenvalue weighted by Gasteiger charge is 2.16. The smallest absolute Gasteiger partial charge is 0.305 e. The number of unbranched alkanes of at least 4 members (excludes halogenated alkanes) is 13. The second-order valence-electron chi connectivity index (χ2n) is 8.95. The summed E-state index contributed by atoms with van der Waals surface area (Å²) < 4.78 is 0. The van der Waals surface area contributed by atoms with E-state index in [2.05, 4.69) is 5.32 Å². The summed E-state index contributed by atoms with van der Waals surface area (Å²) in [6.07, 6.45) is 17.1. The number of carbonyl (C=O) groups is 4. The molecule has 0 aromatic heterocycles. The standard InChI is InChI=1S/C25H45NO6/c1-21(27)18-19-22(20-25(31)32)26-23(28)16-14-12-10-8-6-4-2-3-5-7-9-11-13-15-17-24(29)30/h22H,2-20H2,1H3,(H,26,28)(H,29,30)(H,31,32)/t22-/m0/s1. The van der Waals surface area contributed by atoms with Crippen LogP contribution in [0.4, 0.5) is 0 Å². The number of carboxylic acids is 2. The van der Waals surface area contributed by atoms with Gasteiger partial charge in [0.15, 0.2) is 0 Å². The molecular weight excluding hydrogens is 410 g/mol. The van der Waals surface area contributed by atoms with Crippen LogP contribution in [-0.4, -0.2) is 39.9 Å². The number of rotatable bonds is 23. The number of amides is 1. The Hall–Kier alpha value is -1.92. The van der Waals surface area contributed by atoms with Gasteiger partial charge in [-0.1, -0.05) is 77.0 Å². The Morgan fingerprint density at radius 2 is 1.00 bits per heavy atom. The van der Waals surface area contributed by atoms with Crippen LogP contribution in [0.5, 0.6) is 0 Å². The van der Waals surface area contributed by atoms with E-state index in [9.17, 15) is 19.2 Å². The lowest BCUT2D eigenvalue weighted by Gasteiger charge is -2.16. The SMILES string of the molecule is CC(=O)CC[C@@H](CC(=O)O)NC(=O)CCCCCCCCCCCCCCCCC(=O)O. The van der Waals surface area contributed by atoms with Crippen molar-refractivity contribution >= 4 is 23.6 Å². The number of ketones is 1. The molecule has 1 atom stereocenters. The third kappa shape index (κ3) is 22.8. The summed E-state index contributed by atoms with van der Waals surface area (Å²) in [4.78, 5) is 44.4. The molecule has 32 heavy (non-hydrogen) atoms. The van der Waals surface area contributed by atoms with Gasteiger partial charge in [-0.05, 0) is 26.2 Å². The minimum atomic E-state index is -0.966. The fraction of sp³-hybridized carbons (Fsp3) is 0.840. The van der Waals surface area contributed by atoms with Crippen LogP contribution in [-0.2, 0) is 19.2 Å². The third-order valence-corrected chi connectivity index (χ3v) is 5.68. The van der Waals surface area contributed by atoms with E-state index < -0.39 is 18.0 Å².